The molecule has 0 saturated carbocycles. The number of carbonyl (C=O) groups is 1. The molecule has 5 heteroatoms. The number of para-hydroxylation sites is 1. The van der Waals surface area contributed by atoms with Crippen molar-refractivity contribution in [1.82, 2.24) is 0 Å². The molecule has 0 fully saturated rings. The van der Waals surface area contributed by atoms with E-state index in [9.17, 15) is 4.79 Å². The summed E-state index contributed by atoms with van der Waals surface area (Å²) in [6.07, 6.45) is 0. The molecule has 18 heavy (non-hydrogen) atoms. The second-order valence-electron chi connectivity index (χ2n) is 4.08. The minimum atomic E-state index is -0.931. The lowest BCUT2D eigenvalue weighted by Gasteiger charge is -2.07. The van der Waals surface area contributed by atoms with E-state index in [1.165, 1.54) is 0 Å². The van der Waals surface area contributed by atoms with Crippen LogP contribution in [0.2, 0.25) is 0 Å². The number of alkyl halides is 1. The second kappa shape index (κ2) is 8.94. The predicted octanol–water partition coefficient (Wildman–Crippen LogP) is 2.86. The number of hydrogen-bond donors (Lipinski definition) is 2. The van der Waals surface area contributed by atoms with Crippen LogP contribution in [-0.4, -0.2) is 22.1 Å². The van der Waals surface area contributed by atoms with Crippen LogP contribution in [0.1, 0.15) is 20.8 Å². The molecule has 0 spiro atoms. The van der Waals surface area contributed by atoms with Crippen LogP contribution in [0.5, 0.6) is 5.75 Å². The molecular weight excluding hydrogens is 298 g/mol. The number of hydrogen-bond acceptors (Lipinski definition) is 3. The summed E-state index contributed by atoms with van der Waals surface area (Å²) in [6, 6.07) is 9.01. The Bertz CT molecular complexity index is 341. The van der Waals surface area contributed by atoms with Gasteiger partial charge in [-0.15, -0.1) is 0 Å². The summed E-state index contributed by atoms with van der Waals surface area (Å²) in [7, 11) is 0. The first kappa shape index (κ1) is 16.9. The standard InChI is InChI=1S/C8H9BrO.C5H11NO2/c1-7(9)10-8-5-3-2-4-6-8;1-3(2)4(6)5(7)8/h2-7H,1H3;3-4H,6H2,1-2H3,(H,7,8)/t;4-/m.0/s1. The topological polar surface area (TPSA) is 72.5 Å². The molecule has 1 aromatic rings. The largest absolute Gasteiger partial charge is 0.480 e. The van der Waals surface area contributed by atoms with Crippen LogP contribution in [0, 0.1) is 5.92 Å². The SMILES string of the molecule is CC(Br)Oc1ccccc1.CC(C)[C@H](N)C(=O)O. The number of aliphatic carboxylic acids is 1. The molecule has 0 radical (unpaired) electrons. The van der Waals surface area contributed by atoms with Gasteiger partial charge in [-0.05, 0) is 40.9 Å². The molecule has 0 aliphatic heterocycles. The van der Waals surface area contributed by atoms with E-state index in [4.69, 9.17) is 15.6 Å². The molecule has 0 bridgehead atoms. The quantitative estimate of drug-likeness (QED) is 0.837. The molecule has 0 aliphatic rings. The molecule has 1 rings (SSSR count). The van der Waals surface area contributed by atoms with Crippen molar-refractivity contribution in [2.45, 2.75) is 31.8 Å². The Morgan fingerprint density at radius 2 is 1.78 bits per heavy atom. The molecule has 0 saturated heterocycles. The van der Waals surface area contributed by atoms with Crippen molar-refractivity contribution in [3.63, 3.8) is 0 Å². The number of carboxylic acids is 1. The Labute approximate surface area is 116 Å². The van der Waals surface area contributed by atoms with Gasteiger partial charge in [0.2, 0.25) is 0 Å². The van der Waals surface area contributed by atoms with Gasteiger partial charge in [0.05, 0.1) is 0 Å². The van der Waals surface area contributed by atoms with Crippen molar-refractivity contribution >= 4 is 21.9 Å². The van der Waals surface area contributed by atoms with Crippen LogP contribution in [-0.2, 0) is 4.79 Å². The molecule has 0 heterocycles. The van der Waals surface area contributed by atoms with E-state index in [2.05, 4.69) is 15.9 Å². The minimum Gasteiger partial charge on any atom is -0.480 e. The monoisotopic (exact) mass is 317 g/mol. The third kappa shape index (κ3) is 8.08. The fraction of sp³-hybridized carbons (Fsp3) is 0.462. The summed E-state index contributed by atoms with van der Waals surface area (Å²) < 4.78 is 5.33. The molecular formula is C13H20BrNO3. The first-order valence-corrected chi connectivity index (χ1v) is 6.60. The van der Waals surface area contributed by atoms with Gasteiger partial charge in [0, 0.05) is 0 Å². The summed E-state index contributed by atoms with van der Waals surface area (Å²) in [5.74, 6) is -0.0145. The lowest BCUT2D eigenvalue weighted by atomic mass is 10.1. The van der Waals surface area contributed by atoms with Crippen LogP contribution in [0.25, 0.3) is 0 Å². The Hall–Kier alpha value is -1.07. The van der Waals surface area contributed by atoms with E-state index in [0.717, 1.165) is 5.75 Å². The third-order valence-corrected chi connectivity index (χ3v) is 2.23. The van der Waals surface area contributed by atoms with Crippen LogP contribution in [0.3, 0.4) is 0 Å². The van der Waals surface area contributed by atoms with E-state index in [0.29, 0.717) is 0 Å². The second-order valence-corrected chi connectivity index (χ2v) is 5.37. The number of rotatable bonds is 4. The number of halogens is 1. The zero-order valence-corrected chi connectivity index (χ0v) is 12.4. The van der Waals surface area contributed by atoms with Gasteiger partial charge in [-0.25, -0.2) is 0 Å². The van der Waals surface area contributed by atoms with Crippen LogP contribution < -0.4 is 10.5 Å². The average Bonchev–Trinajstić information content (AvgIpc) is 2.29. The Kier molecular flexibility index (Phi) is 8.41. The highest BCUT2D eigenvalue weighted by Crippen LogP contribution is 2.12. The maximum absolute atomic E-state index is 10.0. The van der Waals surface area contributed by atoms with Crippen molar-refractivity contribution in [2.24, 2.45) is 11.7 Å². The smallest absolute Gasteiger partial charge is 0.320 e. The molecule has 1 unspecified atom stereocenters. The number of ether oxygens (including phenoxy) is 1. The number of nitrogens with two attached hydrogens (primary N) is 1. The zero-order valence-electron chi connectivity index (χ0n) is 10.8. The lowest BCUT2D eigenvalue weighted by Crippen LogP contribution is -2.34. The van der Waals surface area contributed by atoms with Crippen LogP contribution >= 0.6 is 15.9 Å². The molecule has 2 atom stereocenters. The van der Waals surface area contributed by atoms with Gasteiger partial charge in [-0.2, -0.15) is 0 Å². The normalized spacial score (nSPS) is 13.2. The van der Waals surface area contributed by atoms with Gasteiger partial charge >= 0.3 is 5.97 Å². The van der Waals surface area contributed by atoms with Gasteiger partial charge in [-0.3, -0.25) is 4.79 Å². The molecule has 0 amide bonds. The van der Waals surface area contributed by atoms with Crippen molar-refractivity contribution < 1.29 is 14.6 Å². The third-order valence-electron chi connectivity index (χ3n) is 2.05. The highest BCUT2D eigenvalue weighted by Gasteiger charge is 2.14. The van der Waals surface area contributed by atoms with E-state index in [1.807, 2.05) is 37.3 Å². The highest BCUT2D eigenvalue weighted by molar-refractivity contribution is 9.09. The van der Waals surface area contributed by atoms with Gasteiger partial charge in [0.15, 0.2) is 5.01 Å². The van der Waals surface area contributed by atoms with Gasteiger partial charge in [0.1, 0.15) is 11.8 Å². The molecule has 102 valence electrons. The van der Waals surface area contributed by atoms with Gasteiger partial charge in [-0.1, -0.05) is 32.0 Å². The number of benzene rings is 1. The van der Waals surface area contributed by atoms with Gasteiger partial charge in [0.25, 0.3) is 0 Å². The summed E-state index contributed by atoms with van der Waals surface area (Å²) >= 11 is 3.29. The first-order valence-electron chi connectivity index (χ1n) is 5.68. The highest BCUT2D eigenvalue weighted by atomic mass is 79.9. The number of carboxylic acid groups (broad SMARTS) is 1. The Balaban J connectivity index is 0.000000331. The summed E-state index contributed by atoms with van der Waals surface area (Å²) in [5, 5.41) is 8.31. The maximum atomic E-state index is 10.0. The molecule has 4 nitrogen and oxygen atoms in total. The van der Waals surface area contributed by atoms with E-state index < -0.39 is 12.0 Å². The van der Waals surface area contributed by atoms with Crippen molar-refractivity contribution in [2.75, 3.05) is 0 Å². The molecule has 0 aliphatic carbocycles. The van der Waals surface area contributed by atoms with Crippen molar-refractivity contribution in [1.29, 1.82) is 0 Å². The Morgan fingerprint density at radius 1 is 1.28 bits per heavy atom. The maximum Gasteiger partial charge on any atom is 0.320 e. The first-order chi connectivity index (χ1) is 8.34. The van der Waals surface area contributed by atoms with E-state index >= 15 is 0 Å². The van der Waals surface area contributed by atoms with Crippen molar-refractivity contribution in [3.8, 4) is 5.75 Å². The summed E-state index contributed by atoms with van der Waals surface area (Å²) in [4.78, 5) is 10.0. The van der Waals surface area contributed by atoms with Gasteiger partial charge < -0.3 is 15.6 Å². The fourth-order valence-electron chi connectivity index (χ4n) is 0.972. The summed E-state index contributed by atoms with van der Waals surface area (Å²) in [6.45, 7) is 5.49. The lowest BCUT2D eigenvalue weighted by molar-refractivity contribution is -0.139. The average molecular weight is 318 g/mol. The summed E-state index contributed by atoms with van der Waals surface area (Å²) in [5.41, 5.74) is 5.16. The molecule has 1 aromatic carbocycles. The molecule has 3 N–H and O–H groups in total. The fourth-order valence-corrected chi connectivity index (χ4v) is 1.19. The molecule has 0 aromatic heterocycles. The Morgan fingerprint density at radius 3 is 2.06 bits per heavy atom. The van der Waals surface area contributed by atoms with Crippen molar-refractivity contribution in [3.05, 3.63) is 30.3 Å². The minimum absolute atomic E-state index is 0.0208. The van der Waals surface area contributed by atoms with E-state index in [1.54, 1.807) is 13.8 Å². The zero-order chi connectivity index (χ0) is 14.1. The predicted molar refractivity (Wildman–Crippen MR) is 75.9 cm³/mol. The van der Waals surface area contributed by atoms with Crippen LogP contribution in [0.4, 0.5) is 0 Å². The van der Waals surface area contributed by atoms with E-state index in [-0.39, 0.29) is 10.9 Å². The van der Waals surface area contributed by atoms with Crippen LogP contribution in [0.15, 0.2) is 30.3 Å².